The standard InChI is InChI=1S/C49H48ClFN6O11S2/c1-49(2)23-30(52-29-8-3-6-27(22-29)43-40(50)42(68-24-38(59)60)44(69-43)47(63)64)18-21-56(49)70(66,67)25-28-7-4-11-34(41(28)51)53-48(65)55-19-16-26(17-20-55)31-12-13-35-39-32(31)9-5-10-33(39)46(62)57(35)36-14-15-37(58)54-45(36)61/h3-13,22,26,30,36,52H,14-21,23-25H2,1-2H3,(H,53,65)(H,59,60)(H,63,64)(H,54,58,61)/t30-,36?/m0/s1. The predicted octanol–water partition coefficient (Wildman–Crippen LogP) is 7.88. The number of amides is 5. The monoisotopic (exact) mass is 1010 g/mol. The molecule has 1 unspecified atom stereocenters. The first-order valence-electron chi connectivity index (χ1n) is 22.6. The molecule has 2 atom stereocenters. The maximum absolute atomic E-state index is 16.2. The average Bonchev–Trinajstić information content (AvgIpc) is 3.80. The van der Waals surface area contributed by atoms with Gasteiger partial charge in [0.25, 0.3) is 5.91 Å². The number of nitrogens with zero attached hydrogens (tertiary/aromatic N) is 3. The van der Waals surface area contributed by atoms with E-state index in [0.29, 0.717) is 66.2 Å². The second-order valence-corrected chi connectivity index (χ2v) is 21.8. The van der Waals surface area contributed by atoms with Gasteiger partial charge in [0.1, 0.15) is 11.1 Å². The molecule has 0 radical (unpaired) electrons. The molecular formula is C49H48ClFN6O11S2. The van der Waals surface area contributed by atoms with Gasteiger partial charge >= 0.3 is 18.0 Å². The zero-order valence-corrected chi connectivity index (χ0v) is 40.3. The van der Waals surface area contributed by atoms with E-state index >= 15 is 4.39 Å². The van der Waals surface area contributed by atoms with Crippen molar-refractivity contribution >= 4 is 96.5 Å². The second-order valence-electron chi connectivity index (χ2n) is 18.5. The van der Waals surface area contributed by atoms with Gasteiger partial charge in [0.05, 0.1) is 22.0 Å². The van der Waals surface area contributed by atoms with Crippen molar-refractivity contribution in [2.24, 2.45) is 0 Å². The van der Waals surface area contributed by atoms with Gasteiger partial charge in [-0.15, -0.1) is 11.3 Å². The number of carbonyl (C=O) groups excluding carboxylic acids is 4. The topological polar surface area (TPSA) is 232 Å². The van der Waals surface area contributed by atoms with E-state index in [1.54, 1.807) is 49.1 Å². The summed E-state index contributed by atoms with van der Waals surface area (Å²) in [5, 5.41) is 28.8. The van der Waals surface area contributed by atoms with Crippen LogP contribution in [0.4, 0.5) is 26.2 Å². The smallest absolute Gasteiger partial charge is 0.349 e. The van der Waals surface area contributed by atoms with E-state index in [4.69, 9.17) is 21.4 Å². The number of carbonyl (C=O) groups is 6. The molecule has 70 heavy (non-hydrogen) atoms. The molecule has 0 spiro atoms. The van der Waals surface area contributed by atoms with E-state index in [-0.39, 0.29) is 70.1 Å². The molecule has 1 aromatic heterocycles. The summed E-state index contributed by atoms with van der Waals surface area (Å²) in [4.78, 5) is 78.1. The minimum Gasteiger partial charge on any atom is -0.479 e. The number of aliphatic carboxylic acids is 1. The number of carboxylic acid groups (broad SMARTS) is 2. The lowest BCUT2D eigenvalue weighted by molar-refractivity contribution is -0.139. The maximum Gasteiger partial charge on any atom is 0.349 e. The molecule has 5 N–H and O–H groups in total. The minimum atomic E-state index is -4.08. The number of hydrogen-bond donors (Lipinski definition) is 5. The number of likely N-dealkylation sites (tertiary alicyclic amines) is 1. The first-order valence-corrected chi connectivity index (χ1v) is 25.5. The Labute approximate surface area is 410 Å². The summed E-state index contributed by atoms with van der Waals surface area (Å²) in [5.74, 6) is -5.45. The Morgan fingerprint density at radius 2 is 1.70 bits per heavy atom. The third-order valence-electron chi connectivity index (χ3n) is 13.4. The molecular weight excluding hydrogens is 967 g/mol. The van der Waals surface area contributed by atoms with E-state index in [1.165, 1.54) is 27.4 Å². The quantitative estimate of drug-likeness (QED) is 0.0709. The zero-order chi connectivity index (χ0) is 49.8. The number of ether oxygens (including phenoxy) is 1. The zero-order valence-electron chi connectivity index (χ0n) is 37.9. The fourth-order valence-electron chi connectivity index (χ4n) is 10.3. The van der Waals surface area contributed by atoms with Gasteiger partial charge in [0, 0.05) is 59.8 Å². The number of carboxylic acids is 2. The molecule has 17 nitrogen and oxygen atoms in total. The van der Waals surface area contributed by atoms with Gasteiger partial charge in [-0.3, -0.25) is 24.6 Å². The summed E-state index contributed by atoms with van der Waals surface area (Å²) in [6.45, 7) is 3.66. The predicted molar refractivity (Wildman–Crippen MR) is 261 cm³/mol. The Hall–Kier alpha value is -6.61. The second kappa shape index (κ2) is 19.0. The van der Waals surface area contributed by atoms with E-state index < -0.39 is 63.7 Å². The molecule has 5 heterocycles. The van der Waals surface area contributed by atoms with Crippen molar-refractivity contribution in [2.75, 3.05) is 41.8 Å². The van der Waals surface area contributed by atoms with Crippen LogP contribution in [0.2, 0.25) is 5.02 Å². The minimum absolute atomic E-state index is 0.0299. The molecule has 4 aliphatic rings. The fourth-order valence-corrected chi connectivity index (χ4v) is 13.7. The van der Waals surface area contributed by atoms with Crippen LogP contribution >= 0.6 is 22.9 Å². The molecule has 0 bridgehead atoms. The Bertz CT molecular complexity index is 3120. The van der Waals surface area contributed by atoms with Crippen LogP contribution < -0.4 is 25.6 Å². The maximum atomic E-state index is 16.2. The number of urea groups is 1. The van der Waals surface area contributed by atoms with Crippen molar-refractivity contribution in [3.63, 3.8) is 0 Å². The normalized spacial score (nSPS) is 19.6. The van der Waals surface area contributed by atoms with Crippen LogP contribution in [-0.2, 0) is 30.2 Å². The van der Waals surface area contributed by atoms with Crippen molar-refractivity contribution in [1.82, 2.24) is 14.5 Å². The van der Waals surface area contributed by atoms with Gasteiger partial charge in [-0.05, 0) is 98.7 Å². The van der Waals surface area contributed by atoms with Crippen LogP contribution in [0.1, 0.15) is 89.4 Å². The third-order valence-corrected chi connectivity index (χ3v) is 17.1. The van der Waals surface area contributed by atoms with E-state index in [0.717, 1.165) is 27.7 Å². The summed E-state index contributed by atoms with van der Waals surface area (Å²) >= 11 is 7.37. The van der Waals surface area contributed by atoms with Crippen LogP contribution in [0.3, 0.4) is 0 Å². The van der Waals surface area contributed by atoms with Gasteiger partial charge in [0.2, 0.25) is 21.8 Å². The molecule has 21 heteroatoms. The highest BCUT2D eigenvalue weighted by Crippen LogP contribution is 2.47. The number of anilines is 3. The molecule has 0 saturated carbocycles. The molecule has 4 aliphatic heterocycles. The first kappa shape index (κ1) is 48.4. The van der Waals surface area contributed by atoms with Crippen LogP contribution in [0.5, 0.6) is 5.75 Å². The number of sulfonamides is 1. The fraction of sp³-hybridized carbons (Fsp3) is 0.347. The van der Waals surface area contributed by atoms with Gasteiger partial charge in [0.15, 0.2) is 23.1 Å². The molecule has 3 fully saturated rings. The lowest BCUT2D eigenvalue weighted by Crippen LogP contribution is -2.55. The van der Waals surface area contributed by atoms with Gasteiger partial charge in [-0.1, -0.05) is 54.1 Å². The third kappa shape index (κ3) is 9.27. The molecule has 5 amide bonds. The van der Waals surface area contributed by atoms with Crippen LogP contribution in [-0.4, -0.2) is 107 Å². The molecule has 3 saturated heterocycles. The number of hydrogen-bond acceptors (Lipinski definition) is 11. The van der Waals surface area contributed by atoms with Gasteiger partial charge in [-0.2, -0.15) is 4.31 Å². The lowest BCUT2D eigenvalue weighted by atomic mass is 9.85. The van der Waals surface area contributed by atoms with Crippen molar-refractivity contribution in [3.05, 3.63) is 105 Å². The Kier molecular flexibility index (Phi) is 13.1. The highest BCUT2D eigenvalue weighted by molar-refractivity contribution is 7.88. The first-order chi connectivity index (χ1) is 33.3. The van der Waals surface area contributed by atoms with Crippen LogP contribution in [0.25, 0.3) is 21.2 Å². The largest absolute Gasteiger partial charge is 0.479 e. The lowest BCUT2D eigenvalue weighted by Gasteiger charge is -2.45. The highest BCUT2D eigenvalue weighted by atomic mass is 35.5. The highest BCUT2D eigenvalue weighted by Gasteiger charge is 2.43. The van der Waals surface area contributed by atoms with Crippen LogP contribution in [0.15, 0.2) is 72.8 Å². The number of rotatable bonds is 13. The number of benzene rings is 4. The number of aromatic carboxylic acids is 1. The molecule has 4 aromatic carbocycles. The summed E-state index contributed by atoms with van der Waals surface area (Å²) in [7, 11) is -4.08. The molecule has 366 valence electrons. The van der Waals surface area contributed by atoms with Crippen molar-refractivity contribution in [1.29, 1.82) is 0 Å². The molecule has 0 aliphatic carbocycles. The summed E-state index contributed by atoms with van der Waals surface area (Å²) in [6.07, 6.45) is 2.32. The van der Waals surface area contributed by atoms with Gasteiger partial charge in [-0.25, -0.2) is 27.2 Å². The Morgan fingerprint density at radius 3 is 2.41 bits per heavy atom. The number of imide groups is 1. The molecule has 5 aromatic rings. The summed E-state index contributed by atoms with van der Waals surface area (Å²) < 4.78 is 50.9. The Balaban J connectivity index is 0.817. The summed E-state index contributed by atoms with van der Waals surface area (Å²) in [6, 6.07) is 19.1. The molecule has 9 rings (SSSR count). The van der Waals surface area contributed by atoms with Crippen molar-refractivity contribution in [3.8, 4) is 16.2 Å². The van der Waals surface area contributed by atoms with Crippen molar-refractivity contribution in [2.45, 2.75) is 81.7 Å². The average molecular weight is 1020 g/mol. The van der Waals surface area contributed by atoms with Crippen molar-refractivity contribution < 1.29 is 56.5 Å². The van der Waals surface area contributed by atoms with Crippen LogP contribution in [0, 0.1) is 5.82 Å². The van der Waals surface area contributed by atoms with E-state index in [9.17, 15) is 42.3 Å². The van der Waals surface area contributed by atoms with E-state index in [1.807, 2.05) is 24.3 Å². The van der Waals surface area contributed by atoms with Gasteiger partial charge < -0.3 is 30.5 Å². The summed E-state index contributed by atoms with van der Waals surface area (Å²) in [5.41, 5.74) is 2.20. The number of nitrogens with one attached hydrogen (secondary N) is 3. The van der Waals surface area contributed by atoms with E-state index in [2.05, 4.69) is 16.0 Å². The number of piperidine rings is 3. The Morgan fingerprint density at radius 1 is 0.957 bits per heavy atom. The SMILES string of the molecule is CC1(C)C[C@@H](Nc2cccc(-c3sc(C(=O)O)c(OCC(=O)O)c3Cl)c2)CCN1S(=O)(=O)Cc1cccc(NC(=O)N2CCC(c3ccc4c5c(cccc35)C(=O)N4C3CCC(=O)NC3=O)CC2)c1F. The number of halogens is 2. The number of thiophene rings is 1.